The summed E-state index contributed by atoms with van der Waals surface area (Å²) in [5.41, 5.74) is 3.51. The van der Waals surface area contributed by atoms with Crippen molar-refractivity contribution in [2.45, 2.75) is 31.9 Å². The molecule has 0 atom stereocenters. The Bertz CT molecular complexity index is 1310. The number of piperidine rings is 1. The van der Waals surface area contributed by atoms with Crippen LogP contribution in [0.2, 0.25) is 0 Å². The average Bonchev–Trinajstić information content (AvgIpc) is 2.72. The van der Waals surface area contributed by atoms with Crippen LogP contribution in [0.25, 0.3) is 22.2 Å². The quantitative estimate of drug-likeness (QED) is 0.573. The Kier molecular flexibility index (Phi) is 5.33. The van der Waals surface area contributed by atoms with Crippen molar-refractivity contribution in [2.24, 2.45) is 5.73 Å². The fourth-order valence-corrected chi connectivity index (χ4v) is 3.91. The van der Waals surface area contributed by atoms with Gasteiger partial charge in [-0.3, -0.25) is 14.6 Å². The van der Waals surface area contributed by atoms with Gasteiger partial charge in [0.2, 0.25) is 0 Å². The number of nitrogens with two attached hydrogens (primary N) is 1. The number of nitrogens with one attached hydrogen (secondary N) is 1. The number of hydrogen-bond acceptors (Lipinski definition) is 5. The van der Waals surface area contributed by atoms with Crippen LogP contribution in [0.3, 0.4) is 0 Å². The minimum Gasteiger partial charge on any atom is -0.364 e. The van der Waals surface area contributed by atoms with Gasteiger partial charge in [0, 0.05) is 43.8 Å². The third kappa shape index (κ3) is 4.24. The van der Waals surface area contributed by atoms with Gasteiger partial charge in [0.25, 0.3) is 11.8 Å². The fourth-order valence-electron chi connectivity index (χ4n) is 3.91. The highest BCUT2D eigenvalue weighted by Gasteiger charge is 2.38. The summed E-state index contributed by atoms with van der Waals surface area (Å²) in [6.07, 6.45) is -4.57. The molecule has 12 heteroatoms. The topological polar surface area (TPSA) is 105 Å². The van der Waals surface area contributed by atoms with Crippen molar-refractivity contribution in [2.75, 3.05) is 18.0 Å². The van der Waals surface area contributed by atoms with E-state index in [2.05, 4.69) is 15.0 Å². The van der Waals surface area contributed by atoms with Crippen molar-refractivity contribution < 1.29 is 26.7 Å². The van der Waals surface area contributed by atoms with Gasteiger partial charge in [-0.15, -0.1) is 0 Å². The lowest BCUT2D eigenvalue weighted by atomic mass is 10.0. The molecule has 0 radical (unpaired) electrons. The lowest BCUT2D eigenvalue weighted by Crippen LogP contribution is -2.40. The van der Waals surface area contributed by atoms with E-state index in [0.29, 0.717) is 0 Å². The van der Waals surface area contributed by atoms with Crippen molar-refractivity contribution in [3.05, 3.63) is 51.6 Å². The number of alkyl halides is 5. The summed E-state index contributed by atoms with van der Waals surface area (Å²) in [5.74, 6) is -3.99. The molecule has 0 spiro atoms. The normalized spacial score (nSPS) is 16.2. The maximum Gasteiger partial charge on any atom is 0.433 e. The van der Waals surface area contributed by atoms with Crippen LogP contribution >= 0.6 is 0 Å². The summed E-state index contributed by atoms with van der Waals surface area (Å²) < 4.78 is 67.9. The van der Waals surface area contributed by atoms with Crippen LogP contribution < -0.4 is 16.1 Å². The molecule has 4 heterocycles. The molecule has 3 aromatic heterocycles. The van der Waals surface area contributed by atoms with Gasteiger partial charge in [0.05, 0.1) is 16.6 Å². The molecule has 0 aliphatic carbocycles. The number of aromatic nitrogens is 3. The van der Waals surface area contributed by atoms with Crippen LogP contribution in [-0.2, 0) is 6.18 Å². The first-order valence-electron chi connectivity index (χ1n) is 9.91. The number of anilines is 1. The molecule has 1 aliphatic heterocycles. The molecule has 33 heavy (non-hydrogen) atoms. The Balaban J connectivity index is 1.93. The minimum atomic E-state index is -4.75. The van der Waals surface area contributed by atoms with Gasteiger partial charge in [-0.2, -0.15) is 13.2 Å². The van der Waals surface area contributed by atoms with Gasteiger partial charge >= 0.3 is 6.18 Å². The molecular formula is C21H18F5N5O2. The van der Waals surface area contributed by atoms with Crippen LogP contribution in [0.15, 0.2) is 29.2 Å². The van der Waals surface area contributed by atoms with Crippen LogP contribution in [-0.4, -0.2) is 39.9 Å². The maximum absolute atomic E-state index is 13.7. The Morgan fingerprint density at radius 3 is 2.48 bits per heavy atom. The van der Waals surface area contributed by atoms with Gasteiger partial charge in [-0.05, 0) is 24.6 Å². The van der Waals surface area contributed by atoms with E-state index in [1.165, 1.54) is 30.2 Å². The summed E-state index contributed by atoms with van der Waals surface area (Å²) in [6, 6.07) is 3.73. The SMILES string of the molecule is Cc1cc(-c2cc(=O)c3c(C(N)=O)nccc3[nH]2)c(N2CCC(F)(F)CC2)nc1C(F)(F)F. The molecule has 1 aliphatic rings. The standard InChI is InChI=1S/C21H18F5N5O2/c1-10-8-11(13-9-14(32)15-12(29-13)2-5-28-16(15)18(27)33)19(30-17(10)21(24,25)26)31-6-3-20(22,23)4-7-31/h2,5,8-9H,3-4,6-7H2,1H3,(H2,27,33)(H,29,32). The van der Waals surface area contributed by atoms with Gasteiger partial charge in [-0.25, -0.2) is 13.8 Å². The maximum atomic E-state index is 13.7. The Morgan fingerprint density at radius 2 is 1.88 bits per heavy atom. The predicted molar refractivity (Wildman–Crippen MR) is 110 cm³/mol. The summed E-state index contributed by atoms with van der Waals surface area (Å²) in [7, 11) is 0. The van der Waals surface area contributed by atoms with Crippen molar-refractivity contribution in [1.29, 1.82) is 0 Å². The molecule has 7 nitrogen and oxygen atoms in total. The molecule has 174 valence electrons. The number of hydrogen-bond donors (Lipinski definition) is 2. The Hall–Kier alpha value is -3.57. The van der Waals surface area contributed by atoms with Gasteiger partial charge in [0.15, 0.2) is 5.43 Å². The Morgan fingerprint density at radius 1 is 1.21 bits per heavy atom. The zero-order valence-corrected chi connectivity index (χ0v) is 17.3. The zero-order valence-electron chi connectivity index (χ0n) is 17.3. The molecule has 0 bridgehead atoms. The number of rotatable bonds is 3. The molecule has 0 unspecified atom stereocenters. The number of pyridine rings is 3. The lowest BCUT2D eigenvalue weighted by molar-refractivity contribution is -0.141. The molecule has 0 aromatic carbocycles. The number of amides is 1. The zero-order chi connectivity index (χ0) is 24.1. The minimum absolute atomic E-state index is 0.0653. The van der Waals surface area contributed by atoms with Crippen LogP contribution in [0.5, 0.6) is 0 Å². The second-order valence-corrected chi connectivity index (χ2v) is 7.86. The van der Waals surface area contributed by atoms with Gasteiger partial charge in [-0.1, -0.05) is 0 Å². The van der Waals surface area contributed by atoms with E-state index in [0.717, 1.165) is 6.07 Å². The lowest BCUT2D eigenvalue weighted by Gasteiger charge is -2.34. The second kappa shape index (κ2) is 7.78. The highest BCUT2D eigenvalue weighted by molar-refractivity contribution is 6.03. The monoisotopic (exact) mass is 467 g/mol. The van der Waals surface area contributed by atoms with Crippen LogP contribution in [0.4, 0.5) is 27.8 Å². The van der Waals surface area contributed by atoms with E-state index >= 15 is 0 Å². The van der Waals surface area contributed by atoms with Gasteiger partial charge in [0.1, 0.15) is 17.2 Å². The van der Waals surface area contributed by atoms with E-state index in [-0.39, 0.29) is 52.3 Å². The fraction of sp³-hybridized carbons (Fsp3) is 0.333. The van der Waals surface area contributed by atoms with E-state index in [9.17, 15) is 31.5 Å². The molecule has 1 fully saturated rings. The number of aryl methyl sites for hydroxylation is 1. The van der Waals surface area contributed by atoms with Crippen molar-refractivity contribution >= 4 is 22.6 Å². The van der Waals surface area contributed by atoms with Crippen LogP contribution in [0.1, 0.15) is 34.6 Å². The molecule has 4 rings (SSSR count). The van der Waals surface area contributed by atoms with E-state index in [4.69, 9.17) is 5.73 Å². The smallest absolute Gasteiger partial charge is 0.364 e. The first-order chi connectivity index (χ1) is 15.4. The number of H-pyrrole nitrogens is 1. The third-order valence-electron chi connectivity index (χ3n) is 5.52. The van der Waals surface area contributed by atoms with Crippen molar-refractivity contribution in [1.82, 2.24) is 15.0 Å². The number of carbonyl (C=O) groups excluding carboxylic acids is 1. The van der Waals surface area contributed by atoms with Crippen molar-refractivity contribution in [3.63, 3.8) is 0 Å². The number of primary amides is 1. The summed E-state index contributed by atoms with van der Waals surface area (Å²) in [6.45, 7) is 0.809. The summed E-state index contributed by atoms with van der Waals surface area (Å²) in [4.78, 5) is 36.3. The molecule has 0 saturated carbocycles. The van der Waals surface area contributed by atoms with Crippen molar-refractivity contribution in [3.8, 4) is 11.3 Å². The summed E-state index contributed by atoms with van der Waals surface area (Å²) in [5, 5.41) is -0.0653. The Labute approximate surface area is 183 Å². The summed E-state index contributed by atoms with van der Waals surface area (Å²) >= 11 is 0. The molecular weight excluding hydrogens is 449 g/mol. The molecule has 1 saturated heterocycles. The molecule has 1 amide bonds. The third-order valence-corrected chi connectivity index (χ3v) is 5.52. The average molecular weight is 467 g/mol. The number of nitrogens with zero attached hydrogens (tertiary/aromatic N) is 3. The van der Waals surface area contributed by atoms with E-state index in [1.807, 2.05) is 0 Å². The largest absolute Gasteiger partial charge is 0.433 e. The first-order valence-corrected chi connectivity index (χ1v) is 9.91. The molecule has 3 N–H and O–H groups in total. The van der Waals surface area contributed by atoms with Gasteiger partial charge < -0.3 is 15.6 Å². The predicted octanol–water partition coefficient (Wildman–Crippen LogP) is 3.65. The number of halogens is 5. The number of fused-ring (bicyclic) bond motifs is 1. The first kappa shape index (κ1) is 22.6. The highest BCUT2D eigenvalue weighted by atomic mass is 19.4. The number of carbonyl (C=O) groups is 1. The van der Waals surface area contributed by atoms with E-state index in [1.54, 1.807) is 0 Å². The second-order valence-electron chi connectivity index (χ2n) is 7.86. The van der Waals surface area contributed by atoms with E-state index < -0.39 is 42.0 Å². The van der Waals surface area contributed by atoms with Crippen LogP contribution in [0, 0.1) is 6.92 Å². The number of aromatic amines is 1. The highest BCUT2D eigenvalue weighted by Crippen LogP contribution is 2.39. The molecule has 3 aromatic rings.